The van der Waals surface area contributed by atoms with Crippen LogP contribution in [0.25, 0.3) is 0 Å². The van der Waals surface area contributed by atoms with Crippen molar-refractivity contribution in [2.24, 2.45) is 0 Å². The van der Waals surface area contributed by atoms with E-state index in [1.807, 2.05) is 0 Å². The summed E-state index contributed by atoms with van der Waals surface area (Å²) in [5.41, 5.74) is -0.179. The van der Waals surface area contributed by atoms with Gasteiger partial charge in [-0.2, -0.15) is 0 Å². The van der Waals surface area contributed by atoms with Crippen molar-refractivity contribution in [2.75, 3.05) is 0 Å². The molecule has 0 amide bonds. The van der Waals surface area contributed by atoms with E-state index in [2.05, 4.69) is 106 Å². The van der Waals surface area contributed by atoms with E-state index in [0.29, 0.717) is 0 Å². The third-order valence-corrected chi connectivity index (χ3v) is 7.95. The average molecular weight is 583 g/mol. The Labute approximate surface area is 226 Å². The van der Waals surface area contributed by atoms with Crippen molar-refractivity contribution in [2.45, 2.75) is 46.0 Å². The minimum Gasteiger partial charge on any atom is -0.744 e. The second-order valence-corrected chi connectivity index (χ2v) is 12.3. The molecule has 0 fully saturated rings. The summed E-state index contributed by atoms with van der Waals surface area (Å²) >= 11 is 0. The van der Waals surface area contributed by atoms with Crippen molar-refractivity contribution in [3.63, 3.8) is 0 Å². The molecular formula is C28H23F5O4S2. The Bertz CT molecular complexity index is 1460. The van der Waals surface area contributed by atoms with Gasteiger partial charge in [-0.15, -0.1) is 0 Å². The lowest BCUT2D eigenvalue weighted by Crippen LogP contribution is -2.22. The van der Waals surface area contributed by atoms with Crippen LogP contribution < -0.4 is 4.74 Å². The van der Waals surface area contributed by atoms with Gasteiger partial charge >= 0.3 is 0 Å². The Hall–Kier alpha value is -3.41. The third kappa shape index (κ3) is 7.59. The molecule has 0 atom stereocenters. The van der Waals surface area contributed by atoms with Gasteiger partial charge in [-0.05, 0) is 69.3 Å². The molecule has 39 heavy (non-hydrogen) atoms. The normalized spacial score (nSPS) is 11.6. The molecule has 0 aromatic heterocycles. The van der Waals surface area contributed by atoms with Crippen LogP contribution >= 0.6 is 0 Å². The van der Waals surface area contributed by atoms with Crippen LogP contribution in [0.4, 0.5) is 22.0 Å². The van der Waals surface area contributed by atoms with Crippen LogP contribution in [0, 0.1) is 29.1 Å². The maximum Gasteiger partial charge on any atom is 0.200 e. The fourth-order valence-corrected chi connectivity index (χ4v) is 6.02. The molecular weight excluding hydrogens is 559 g/mol. The third-order valence-electron chi connectivity index (χ3n) is 4.86. The Balaban J connectivity index is 0.000000242. The standard InChI is InChI=1S/C22H23OS.C6HF5O3S/c1-22(2,3)23-18-14-16-21(17-15-18)24(19-10-6-4-7-11-19)20-12-8-5-9-13-20;7-1-2(8)4(10)6(15(12,13)14)5(11)3(1)9/h4-17H,1-3H3;(H,12,13,14)/q+1;/p-1. The first-order chi connectivity index (χ1) is 18.2. The molecule has 0 heterocycles. The minimum absolute atomic E-state index is 0.102. The predicted molar refractivity (Wildman–Crippen MR) is 136 cm³/mol. The van der Waals surface area contributed by atoms with Crippen molar-refractivity contribution >= 4 is 21.0 Å². The largest absolute Gasteiger partial charge is 0.744 e. The second kappa shape index (κ2) is 12.2. The SMILES string of the molecule is CC(C)(C)Oc1ccc([S+](c2ccccc2)c2ccccc2)cc1.O=S(=O)([O-])c1c(F)c(F)c(F)c(F)c1F. The minimum atomic E-state index is -5.77. The van der Waals surface area contributed by atoms with Crippen LogP contribution in [-0.2, 0) is 21.0 Å². The molecule has 11 heteroatoms. The van der Waals surface area contributed by atoms with Crippen molar-refractivity contribution in [3.05, 3.63) is 114 Å². The monoisotopic (exact) mass is 582 g/mol. The topological polar surface area (TPSA) is 66.4 Å². The maximum atomic E-state index is 12.6. The first-order valence-corrected chi connectivity index (χ1v) is 13.9. The zero-order valence-electron chi connectivity index (χ0n) is 20.9. The molecule has 0 saturated carbocycles. The van der Waals surface area contributed by atoms with Crippen molar-refractivity contribution in [1.82, 2.24) is 0 Å². The van der Waals surface area contributed by atoms with Gasteiger partial charge in [0.25, 0.3) is 0 Å². The van der Waals surface area contributed by atoms with Gasteiger partial charge < -0.3 is 9.29 Å². The molecule has 0 bridgehead atoms. The molecule has 0 spiro atoms. The highest BCUT2D eigenvalue weighted by molar-refractivity contribution is 7.97. The van der Waals surface area contributed by atoms with Gasteiger partial charge in [0.2, 0.25) is 5.82 Å². The fraction of sp³-hybridized carbons (Fsp3) is 0.143. The van der Waals surface area contributed by atoms with Crippen LogP contribution in [0.5, 0.6) is 5.75 Å². The molecule has 0 unspecified atom stereocenters. The Morgan fingerprint density at radius 1 is 0.615 bits per heavy atom. The van der Waals surface area contributed by atoms with Gasteiger partial charge in [-0.1, -0.05) is 36.4 Å². The molecule has 4 aromatic carbocycles. The Morgan fingerprint density at radius 3 is 1.33 bits per heavy atom. The predicted octanol–water partition coefficient (Wildman–Crippen LogP) is 7.25. The molecule has 0 aliphatic heterocycles. The van der Waals surface area contributed by atoms with E-state index in [0.717, 1.165) is 5.75 Å². The molecule has 4 aromatic rings. The summed E-state index contributed by atoms with van der Waals surface area (Å²) in [4.78, 5) is 1.58. The quantitative estimate of drug-likeness (QED) is 0.0818. The van der Waals surface area contributed by atoms with E-state index < -0.39 is 44.1 Å². The molecule has 0 saturated heterocycles. The summed E-state index contributed by atoms with van der Waals surface area (Å²) in [5.74, 6) is -11.9. The highest BCUT2D eigenvalue weighted by Crippen LogP contribution is 2.32. The summed E-state index contributed by atoms with van der Waals surface area (Å²) in [6.45, 7) is 6.21. The summed E-state index contributed by atoms with van der Waals surface area (Å²) in [5, 5.41) is 0. The van der Waals surface area contributed by atoms with E-state index in [-0.39, 0.29) is 16.5 Å². The fourth-order valence-electron chi connectivity index (χ4n) is 3.32. The Morgan fingerprint density at radius 2 is 0.974 bits per heavy atom. The number of rotatable bonds is 5. The first kappa shape index (κ1) is 30.1. The highest BCUT2D eigenvalue weighted by Gasteiger charge is 2.29. The summed E-state index contributed by atoms with van der Waals surface area (Å²) in [6.07, 6.45) is 0. The molecule has 0 aliphatic rings. The van der Waals surface area contributed by atoms with Gasteiger partial charge in [0.1, 0.15) is 26.4 Å². The van der Waals surface area contributed by atoms with E-state index >= 15 is 0 Å². The number of halogens is 5. The van der Waals surface area contributed by atoms with Crippen molar-refractivity contribution < 1.29 is 39.7 Å². The second-order valence-electron chi connectivity index (χ2n) is 8.97. The number of hydrogen-bond acceptors (Lipinski definition) is 4. The van der Waals surface area contributed by atoms with E-state index in [9.17, 15) is 34.9 Å². The van der Waals surface area contributed by atoms with E-state index in [1.54, 1.807) is 0 Å². The molecule has 0 radical (unpaired) electrons. The molecule has 4 rings (SSSR count). The van der Waals surface area contributed by atoms with Gasteiger partial charge in [0.05, 0.1) is 10.9 Å². The zero-order chi connectivity index (χ0) is 29.0. The van der Waals surface area contributed by atoms with Crippen LogP contribution in [0.1, 0.15) is 20.8 Å². The molecule has 0 aliphatic carbocycles. The summed E-state index contributed by atoms with van der Waals surface area (Å²) in [7, 11) is -5.87. The van der Waals surface area contributed by atoms with Crippen LogP contribution in [0.3, 0.4) is 0 Å². The molecule has 206 valence electrons. The van der Waals surface area contributed by atoms with Crippen molar-refractivity contribution in [1.29, 1.82) is 0 Å². The van der Waals surface area contributed by atoms with Crippen LogP contribution in [-0.4, -0.2) is 18.6 Å². The van der Waals surface area contributed by atoms with E-state index in [1.165, 1.54) is 14.7 Å². The van der Waals surface area contributed by atoms with Crippen LogP contribution in [0.15, 0.2) is 105 Å². The number of ether oxygens (including phenoxy) is 1. The highest BCUT2D eigenvalue weighted by atomic mass is 32.2. The van der Waals surface area contributed by atoms with Crippen molar-refractivity contribution in [3.8, 4) is 5.75 Å². The summed E-state index contributed by atoms with van der Waals surface area (Å²) in [6, 6.07) is 29.9. The molecule has 4 nitrogen and oxygen atoms in total. The lowest BCUT2D eigenvalue weighted by molar-refractivity contribution is 0.131. The lowest BCUT2D eigenvalue weighted by atomic mass is 10.2. The van der Waals surface area contributed by atoms with Gasteiger partial charge in [0, 0.05) is 0 Å². The smallest absolute Gasteiger partial charge is 0.200 e. The van der Waals surface area contributed by atoms with Gasteiger partial charge in [0.15, 0.2) is 38.0 Å². The maximum absolute atomic E-state index is 12.6. The number of hydrogen-bond donors (Lipinski definition) is 0. The average Bonchev–Trinajstić information content (AvgIpc) is 2.88. The Kier molecular flexibility index (Phi) is 9.42. The van der Waals surface area contributed by atoms with E-state index in [4.69, 9.17) is 4.74 Å². The lowest BCUT2D eigenvalue weighted by Gasteiger charge is -2.21. The first-order valence-electron chi connectivity index (χ1n) is 11.3. The number of benzene rings is 4. The van der Waals surface area contributed by atoms with Gasteiger partial charge in [-0.25, -0.2) is 30.4 Å². The molecule has 0 N–H and O–H groups in total. The van der Waals surface area contributed by atoms with Crippen LogP contribution in [0.2, 0.25) is 0 Å². The van der Waals surface area contributed by atoms with Gasteiger partial charge in [-0.3, -0.25) is 0 Å². The zero-order valence-corrected chi connectivity index (χ0v) is 22.6. The summed E-state index contributed by atoms with van der Waals surface area (Å²) < 4.78 is 98.8.